The molecule has 0 aromatic carbocycles. The van der Waals surface area contributed by atoms with E-state index in [0.29, 0.717) is 23.7 Å². The first kappa shape index (κ1) is 15.9. The molecule has 0 spiro atoms. The lowest BCUT2D eigenvalue weighted by Gasteiger charge is -2.12. The molecular formula is C14H21N3O3. The molecule has 6 heteroatoms. The highest BCUT2D eigenvalue weighted by Gasteiger charge is 2.16. The molecule has 1 aromatic rings. The van der Waals surface area contributed by atoms with Gasteiger partial charge >= 0.3 is 5.97 Å². The van der Waals surface area contributed by atoms with Gasteiger partial charge in [0.15, 0.2) is 0 Å². The Morgan fingerprint density at radius 2 is 2.00 bits per heavy atom. The van der Waals surface area contributed by atoms with Crippen LogP contribution in [0.1, 0.15) is 35.5 Å². The number of aromatic carboxylic acids is 1. The van der Waals surface area contributed by atoms with E-state index in [1.165, 1.54) is 0 Å². The molecule has 0 fully saturated rings. The average molecular weight is 279 g/mol. The first-order valence-corrected chi connectivity index (χ1v) is 6.53. The van der Waals surface area contributed by atoms with Gasteiger partial charge in [0.1, 0.15) is 11.4 Å². The van der Waals surface area contributed by atoms with Gasteiger partial charge in [0, 0.05) is 12.2 Å². The van der Waals surface area contributed by atoms with Crippen molar-refractivity contribution in [2.45, 2.75) is 27.7 Å². The second-order valence-corrected chi connectivity index (χ2v) is 5.16. The number of amides is 1. The van der Waals surface area contributed by atoms with Gasteiger partial charge in [-0.25, -0.2) is 9.78 Å². The van der Waals surface area contributed by atoms with Crippen LogP contribution in [0.15, 0.2) is 6.07 Å². The Labute approximate surface area is 118 Å². The number of nitrogens with zero attached hydrogens (tertiary/aromatic N) is 1. The summed E-state index contributed by atoms with van der Waals surface area (Å²) in [6.45, 7) is 8.09. The van der Waals surface area contributed by atoms with Gasteiger partial charge in [0.05, 0.1) is 6.54 Å². The maximum atomic E-state index is 11.6. The lowest BCUT2D eigenvalue weighted by Crippen LogP contribution is -2.33. The number of carboxylic acids is 1. The molecule has 0 aliphatic carbocycles. The molecule has 1 amide bonds. The second kappa shape index (κ2) is 6.88. The number of anilines is 1. The number of carbonyl (C=O) groups is 2. The molecular weight excluding hydrogens is 258 g/mol. The highest BCUT2D eigenvalue weighted by atomic mass is 16.4. The maximum Gasteiger partial charge on any atom is 0.339 e. The van der Waals surface area contributed by atoms with E-state index in [4.69, 9.17) is 0 Å². The number of rotatable bonds is 6. The first-order chi connectivity index (χ1) is 9.31. The summed E-state index contributed by atoms with van der Waals surface area (Å²) in [6, 6.07) is 1.70. The van der Waals surface area contributed by atoms with Gasteiger partial charge in [0.2, 0.25) is 5.91 Å². The van der Waals surface area contributed by atoms with Gasteiger partial charge in [-0.1, -0.05) is 13.8 Å². The fourth-order valence-corrected chi connectivity index (χ4v) is 1.78. The zero-order valence-electron chi connectivity index (χ0n) is 12.3. The van der Waals surface area contributed by atoms with Crippen LogP contribution in [0.2, 0.25) is 0 Å². The van der Waals surface area contributed by atoms with Gasteiger partial charge in [0.25, 0.3) is 0 Å². The fraction of sp³-hybridized carbons (Fsp3) is 0.500. The van der Waals surface area contributed by atoms with Gasteiger partial charge in [-0.3, -0.25) is 4.79 Å². The minimum absolute atomic E-state index is 0.00287. The number of nitrogens with one attached hydrogen (secondary N) is 2. The van der Waals surface area contributed by atoms with Crippen molar-refractivity contribution in [2.75, 3.05) is 18.4 Å². The molecule has 0 radical (unpaired) electrons. The normalized spacial score (nSPS) is 10.4. The van der Waals surface area contributed by atoms with E-state index in [1.807, 2.05) is 13.8 Å². The molecule has 0 atom stereocenters. The highest BCUT2D eigenvalue weighted by Crippen LogP contribution is 2.18. The minimum atomic E-state index is -1.06. The summed E-state index contributed by atoms with van der Waals surface area (Å²) in [5, 5.41) is 14.7. The van der Waals surface area contributed by atoms with E-state index in [2.05, 4.69) is 15.6 Å². The van der Waals surface area contributed by atoms with Gasteiger partial charge in [-0.15, -0.1) is 0 Å². The Morgan fingerprint density at radius 3 is 2.55 bits per heavy atom. The number of aromatic nitrogens is 1. The first-order valence-electron chi connectivity index (χ1n) is 6.53. The quantitative estimate of drug-likeness (QED) is 0.735. The van der Waals surface area contributed by atoms with Crippen LogP contribution in [0.3, 0.4) is 0 Å². The molecule has 1 heterocycles. The summed E-state index contributed by atoms with van der Waals surface area (Å²) < 4.78 is 0. The third-order valence-electron chi connectivity index (χ3n) is 2.68. The monoisotopic (exact) mass is 279 g/mol. The summed E-state index contributed by atoms with van der Waals surface area (Å²) in [6.07, 6.45) is 0. The van der Waals surface area contributed by atoms with Gasteiger partial charge in [-0.05, 0) is 31.4 Å². The molecule has 0 aliphatic rings. The number of aryl methyl sites for hydroxylation is 2. The number of carboxylic acid groups (broad SMARTS) is 1. The fourth-order valence-electron chi connectivity index (χ4n) is 1.78. The predicted octanol–water partition coefficient (Wildman–Crippen LogP) is 1.58. The van der Waals surface area contributed by atoms with Crippen LogP contribution < -0.4 is 10.6 Å². The number of hydrogen-bond acceptors (Lipinski definition) is 4. The summed E-state index contributed by atoms with van der Waals surface area (Å²) in [5.74, 6) is -0.640. The van der Waals surface area contributed by atoms with Crippen molar-refractivity contribution in [1.29, 1.82) is 0 Å². The van der Waals surface area contributed by atoms with Crippen LogP contribution in [0.4, 0.5) is 5.82 Å². The predicted molar refractivity (Wildman–Crippen MR) is 77.0 cm³/mol. The molecule has 0 saturated heterocycles. The molecule has 0 unspecified atom stereocenters. The smallest absolute Gasteiger partial charge is 0.339 e. The summed E-state index contributed by atoms with van der Waals surface area (Å²) >= 11 is 0. The van der Waals surface area contributed by atoms with E-state index in [0.717, 1.165) is 0 Å². The average Bonchev–Trinajstić information content (AvgIpc) is 2.32. The molecule has 1 aromatic heterocycles. The van der Waals surface area contributed by atoms with Gasteiger partial charge < -0.3 is 15.7 Å². The van der Waals surface area contributed by atoms with E-state index in [1.54, 1.807) is 19.9 Å². The molecule has 1 rings (SSSR count). The van der Waals surface area contributed by atoms with Crippen LogP contribution >= 0.6 is 0 Å². The number of hydrogen-bond donors (Lipinski definition) is 3. The number of pyridine rings is 1. The zero-order valence-corrected chi connectivity index (χ0v) is 12.3. The molecule has 0 aliphatic heterocycles. The largest absolute Gasteiger partial charge is 0.478 e. The summed E-state index contributed by atoms with van der Waals surface area (Å²) in [4.78, 5) is 27.0. The Balaban J connectivity index is 2.77. The lowest BCUT2D eigenvalue weighted by atomic mass is 10.1. The van der Waals surface area contributed by atoms with Crippen molar-refractivity contribution in [3.05, 3.63) is 22.9 Å². The van der Waals surface area contributed by atoms with Crippen molar-refractivity contribution in [3.63, 3.8) is 0 Å². The summed E-state index contributed by atoms with van der Waals surface area (Å²) in [7, 11) is 0. The third-order valence-corrected chi connectivity index (χ3v) is 2.68. The number of carbonyl (C=O) groups excluding carboxylic acids is 1. The molecule has 3 N–H and O–H groups in total. The van der Waals surface area contributed by atoms with Crippen LogP contribution in [0, 0.1) is 19.8 Å². The topological polar surface area (TPSA) is 91.3 Å². The lowest BCUT2D eigenvalue weighted by molar-refractivity contribution is -0.119. The van der Waals surface area contributed by atoms with Crippen molar-refractivity contribution in [3.8, 4) is 0 Å². The van der Waals surface area contributed by atoms with E-state index in [-0.39, 0.29) is 23.8 Å². The van der Waals surface area contributed by atoms with Crippen LogP contribution in [0.5, 0.6) is 0 Å². The Morgan fingerprint density at radius 1 is 1.35 bits per heavy atom. The highest BCUT2D eigenvalue weighted by molar-refractivity contribution is 5.95. The van der Waals surface area contributed by atoms with Crippen LogP contribution in [-0.4, -0.2) is 35.1 Å². The molecule has 0 saturated carbocycles. The summed E-state index contributed by atoms with van der Waals surface area (Å²) in [5.41, 5.74) is 1.43. The van der Waals surface area contributed by atoms with Gasteiger partial charge in [-0.2, -0.15) is 0 Å². The van der Waals surface area contributed by atoms with E-state index < -0.39 is 5.97 Å². The Bertz CT molecular complexity index is 513. The van der Waals surface area contributed by atoms with Crippen molar-refractivity contribution in [2.24, 2.45) is 5.92 Å². The van der Waals surface area contributed by atoms with Crippen molar-refractivity contribution >= 4 is 17.7 Å². The zero-order chi connectivity index (χ0) is 15.3. The maximum absolute atomic E-state index is 11.6. The minimum Gasteiger partial charge on any atom is -0.478 e. The van der Waals surface area contributed by atoms with Crippen LogP contribution in [0.25, 0.3) is 0 Å². The second-order valence-electron chi connectivity index (χ2n) is 5.16. The van der Waals surface area contributed by atoms with Crippen LogP contribution in [-0.2, 0) is 4.79 Å². The van der Waals surface area contributed by atoms with E-state index >= 15 is 0 Å². The van der Waals surface area contributed by atoms with Crippen molar-refractivity contribution < 1.29 is 14.7 Å². The molecule has 20 heavy (non-hydrogen) atoms. The molecule has 110 valence electrons. The molecule has 0 bridgehead atoms. The van der Waals surface area contributed by atoms with E-state index in [9.17, 15) is 14.7 Å². The molecule has 6 nitrogen and oxygen atoms in total. The Hall–Kier alpha value is -2.11. The Kier molecular flexibility index (Phi) is 5.49. The SMILES string of the molecule is Cc1cc(C)c(C(=O)O)c(NCC(=O)NCC(C)C)n1. The third kappa shape index (κ3) is 4.53. The standard InChI is InChI=1S/C14H21N3O3/c1-8(2)6-15-11(18)7-16-13-12(14(19)20)9(3)5-10(4)17-13/h5,8H,6-7H2,1-4H3,(H,15,18)(H,16,17)(H,19,20). The van der Waals surface area contributed by atoms with Crippen molar-refractivity contribution in [1.82, 2.24) is 10.3 Å².